The number of ether oxygens (including phenoxy) is 1. The van der Waals surface area contributed by atoms with Crippen molar-refractivity contribution in [1.82, 2.24) is 5.32 Å². The third-order valence-electron chi connectivity index (χ3n) is 4.55. The Morgan fingerprint density at radius 3 is 2.65 bits per heavy atom. The van der Waals surface area contributed by atoms with E-state index in [-0.39, 0.29) is 0 Å². The SMILES string of the molecule is CCCNC(c1ccc(Cl)c(OC)c1)C1(C)CCCC1. The fourth-order valence-corrected chi connectivity index (χ4v) is 3.58. The predicted molar refractivity (Wildman–Crippen MR) is 85.6 cm³/mol. The average molecular weight is 296 g/mol. The lowest BCUT2D eigenvalue weighted by Crippen LogP contribution is -2.35. The summed E-state index contributed by atoms with van der Waals surface area (Å²) in [7, 11) is 1.68. The molecule has 0 heterocycles. The first-order valence-electron chi connectivity index (χ1n) is 7.67. The maximum Gasteiger partial charge on any atom is 0.137 e. The zero-order chi connectivity index (χ0) is 14.6. The van der Waals surface area contributed by atoms with E-state index in [0.29, 0.717) is 16.5 Å². The first-order chi connectivity index (χ1) is 9.60. The highest BCUT2D eigenvalue weighted by molar-refractivity contribution is 6.32. The Morgan fingerprint density at radius 2 is 2.05 bits per heavy atom. The lowest BCUT2D eigenvalue weighted by atomic mass is 9.77. The van der Waals surface area contributed by atoms with Crippen molar-refractivity contribution in [1.29, 1.82) is 0 Å². The van der Waals surface area contributed by atoms with Crippen molar-refractivity contribution in [3.63, 3.8) is 0 Å². The molecule has 3 heteroatoms. The molecule has 1 aliphatic carbocycles. The maximum absolute atomic E-state index is 6.15. The Morgan fingerprint density at radius 1 is 1.35 bits per heavy atom. The quantitative estimate of drug-likeness (QED) is 0.800. The van der Waals surface area contributed by atoms with Crippen LogP contribution < -0.4 is 10.1 Å². The van der Waals surface area contributed by atoms with Gasteiger partial charge in [0.1, 0.15) is 5.75 Å². The molecule has 1 fully saturated rings. The summed E-state index contributed by atoms with van der Waals surface area (Å²) in [4.78, 5) is 0. The molecule has 1 aliphatic rings. The van der Waals surface area contributed by atoms with E-state index < -0.39 is 0 Å². The summed E-state index contributed by atoms with van der Waals surface area (Å²) < 4.78 is 5.38. The molecule has 20 heavy (non-hydrogen) atoms. The minimum atomic E-state index is 0.341. The first-order valence-corrected chi connectivity index (χ1v) is 8.05. The molecule has 0 bridgehead atoms. The van der Waals surface area contributed by atoms with Gasteiger partial charge < -0.3 is 10.1 Å². The highest BCUT2D eigenvalue weighted by Crippen LogP contribution is 2.48. The van der Waals surface area contributed by atoms with E-state index in [9.17, 15) is 0 Å². The maximum atomic E-state index is 6.15. The molecule has 0 saturated heterocycles. The van der Waals surface area contributed by atoms with Crippen LogP contribution in [0, 0.1) is 5.41 Å². The molecule has 0 radical (unpaired) electrons. The van der Waals surface area contributed by atoms with E-state index in [4.69, 9.17) is 16.3 Å². The lowest BCUT2D eigenvalue weighted by molar-refractivity contribution is 0.223. The molecular formula is C17H26ClNO. The fourth-order valence-electron chi connectivity index (χ4n) is 3.38. The van der Waals surface area contributed by atoms with Crippen molar-refractivity contribution >= 4 is 11.6 Å². The minimum absolute atomic E-state index is 0.341. The van der Waals surface area contributed by atoms with Gasteiger partial charge in [0.2, 0.25) is 0 Å². The van der Waals surface area contributed by atoms with E-state index in [1.807, 2.05) is 6.07 Å². The number of halogens is 1. The van der Waals surface area contributed by atoms with Gasteiger partial charge in [-0.15, -0.1) is 0 Å². The van der Waals surface area contributed by atoms with E-state index in [1.54, 1.807) is 7.11 Å². The molecule has 1 aromatic carbocycles. The van der Waals surface area contributed by atoms with Crippen LogP contribution in [0.5, 0.6) is 5.75 Å². The van der Waals surface area contributed by atoms with Crippen molar-refractivity contribution in [2.75, 3.05) is 13.7 Å². The first kappa shape index (κ1) is 15.7. The number of nitrogens with one attached hydrogen (secondary N) is 1. The minimum Gasteiger partial charge on any atom is -0.495 e. The molecule has 1 saturated carbocycles. The second-order valence-corrected chi connectivity index (χ2v) is 6.55. The Hall–Kier alpha value is -0.730. The van der Waals surface area contributed by atoms with E-state index in [2.05, 4.69) is 31.3 Å². The van der Waals surface area contributed by atoms with E-state index in [0.717, 1.165) is 18.7 Å². The van der Waals surface area contributed by atoms with Gasteiger partial charge in [0.05, 0.1) is 12.1 Å². The summed E-state index contributed by atoms with van der Waals surface area (Å²) in [5, 5.41) is 4.42. The molecule has 1 aromatic rings. The molecule has 0 spiro atoms. The average Bonchev–Trinajstić information content (AvgIpc) is 2.88. The van der Waals surface area contributed by atoms with Crippen LogP contribution in [0.2, 0.25) is 5.02 Å². The Bertz CT molecular complexity index is 441. The van der Waals surface area contributed by atoms with Crippen LogP contribution in [0.4, 0.5) is 0 Å². The van der Waals surface area contributed by atoms with Gasteiger partial charge >= 0.3 is 0 Å². The van der Waals surface area contributed by atoms with Crippen molar-refractivity contribution in [2.24, 2.45) is 5.41 Å². The van der Waals surface area contributed by atoms with Gasteiger partial charge in [0.15, 0.2) is 0 Å². The Kier molecular flexibility index (Phi) is 5.34. The van der Waals surface area contributed by atoms with Gasteiger partial charge in [-0.1, -0.05) is 44.4 Å². The summed E-state index contributed by atoms with van der Waals surface area (Å²) in [6.07, 6.45) is 6.41. The van der Waals surface area contributed by atoms with Crippen LogP contribution in [-0.2, 0) is 0 Å². The molecule has 0 aromatic heterocycles. The molecule has 112 valence electrons. The van der Waals surface area contributed by atoms with Gasteiger partial charge in [-0.05, 0) is 48.9 Å². The van der Waals surface area contributed by atoms with Crippen LogP contribution >= 0.6 is 11.6 Å². The zero-order valence-electron chi connectivity index (χ0n) is 12.8. The molecule has 0 aliphatic heterocycles. The molecule has 1 unspecified atom stereocenters. The van der Waals surface area contributed by atoms with Gasteiger partial charge in [0, 0.05) is 6.04 Å². The van der Waals surface area contributed by atoms with Crippen LogP contribution in [-0.4, -0.2) is 13.7 Å². The predicted octanol–water partition coefficient (Wildman–Crippen LogP) is 4.97. The smallest absolute Gasteiger partial charge is 0.137 e. The normalized spacial score (nSPS) is 19.0. The molecule has 2 nitrogen and oxygen atoms in total. The summed E-state index contributed by atoms with van der Waals surface area (Å²) in [6, 6.07) is 6.58. The molecule has 2 rings (SSSR count). The van der Waals surface area contributed by atoms with Gasteiger partial charge in [-0.25, -0.2) is 0 Å². The van der Waals surface area contributed by atoms with Crippen LogP contribution in [0.15, 0.2) is 18.2 Å². The number of methoxy groups -OCH3 is 1. The topological polar surface area (TPSA) is 21.3 Å². The zero-order valence-corrected chi connectivity index (χ0v) is 13.6. The number of hydrogen-bond acceptors (Lipinski definition) is 2. The monoisotopic (exact) mass is 295 g/mol. The Balaban J connectivity index is 2.30. The second kappa shape index (κ2) is 6.82. The van der Waals surface area contributed by atoms with Crippen molar-refractivity contribution in [3.05, 3.63) is 28.8 Å². The summed E-state index contributed by atoms with van der Waals surface area (Å²) >= 11 is 6.15. The third kappa shape index (κ3) is 3.29. The van der Waals surface area contributed by atoms with Crippen LogP contribution in [0.1, 0.15) is 57.6 Å². The highest BCUT2D eigenvalue weighted by atomic mass is 35.5. The lowest BCUT2D eigenvalue weighted by Gasteiger charge is -2.35. The summed E-state index contributed by atoms with van der Waals surface area (Å²) in [6.45, 7) is 5.67. The van der Waals surface area contributed by atoms with Gasteiger partial charge in [0.25, 0.3) is 0 Å². The number of rotatable bonds is 6. The summed E-state index contributed by atoms with van der Waals surface area (Å²) in [5.74, 6) is 0.772. The highest BCUT2D eigenvalue weighted by Gasteiger charge is 2.37. The van der Waals surface area contributed by atoms with E-state index in [1.165, 1.54) is 31.2 Å². The van der Waals surface area contributed by atoms with Crippen LogP contribution in [0.25, 0.3) is 0 Å². The van der Waals surface area contributed by atoms with Crippen molar-refractivity contribution in [3.8, 4) is 5.75 Å². The number of hydrogen-bond donors (Lipinski definition) is 1. The molecule has 1 atom stereocenters. The van der Waals surface area contributed by atoms with Gasteiger partial charge in [-0.2, -0.15) is 0 Å². The van der Waals surface area contributed by atoms with Crippen molar-refractivity contribution < 1.29 is 4.74 Å². The van der Waals surface area contributed by atoms with E-state index >= 15 is 0 Å². The van der Waals surface area contributed by atoms with Crippen LogP contribution in [0.3, 0.4) is 0 Å². The fraction of sp³-hybridized carbons (Fsp3) is 0.647. The second-order valence-electron chi connectivity index (χ2n) is 6.14. The number of benzene rings is 1. The van der Waals surface area contributed by atoms with Gasteiger partial charge in [-0.3, -0.25) is 0 Å². The standard InChI is InChI=1S/C17H26ClNO/c1-4-11-19-16(17(2)9-5-6-10-17)13-7-8-14(18)15(12-13)20-3/h7-8,12,16,19H,4-6,9-11H2,1-3H3. The molecule has 1 N–H and O–H groups in total. The molecule has 0 amide bonds. The Labute approximate surface area is 127 Å². The summed E-state index contributed by atoms with van der Waals surface area (Å²) in [5.41, 5.74) is 1.64. The third-order valence-corrected chi connectivity index (χ3v) is 4.86. The molecular weight excluding hydrogens is 270 g/mol. The largest absolute Gasteiger partial charge is 0.495 e. The van der Waals surface area contributed by atoms with Crippen molar-refractivity contribution in [2.45, 2.75) is 52.0 Å².